The molecule has 0 amide bonds. The zero-order chi connectivity index (χ0) is 26.2. The van der Waals surface area contributed by atoms with E-state index >= 15 is 0 Å². The first kappa shape index (κ1) is 27.0. The number of unbranched alkanes of at least 4 members (excludes halogenated alkanes) is 3. The van der Waals surface area contributed by atoms with Gasteiger partial charge in [-0.25, -0.2) is 13.2 Å². The molecule has 0 fully saturated rings. The molecule has 0 N–H and O–H groups in total. The van der Waals surface area contributed by atoms with E-state index in [2.05, 4.69) is 13.0 Å². The molecule has 0 radical (unpaired) electrons. The van der Waals surface area contributed by atoms with Crippen molar-refractivity contribution in [1.29, 1.82) is 0 Å². The second-order valence-electron chi connectivity index (χ2n) is 10.2. The Morgan fingerprint density at radius 3 is 2.35 bits per heavy atom. The summed E-state index contributed by atoms with van der Waals surface area (Å²) in [6.07, 6.45) is 10.5. The van der Waals surface area contributed by atoms with Gasteiger partial charge in [-0.05, 0) is 85.8 Å². The van der Waals surface area contributed by atoms with Crippen LogP contribution in [0.1, 0.15) is 75.0 Å². The molecule has 196 valence electrons. The highest BCUT2D eigenvalue weighted by atomic mass is 19.2. The highest BCUT2D eigenvalue weighted by Gasteiger charge is 2.19. The van der Waals surface area contributed by atoms with Crippen molar-refractivity contribution in [2.24, 2.45) is 5.92 Å². The van der Waals surface area contributed by atoms with Gasteiger partial charge in [0.05, 0.1) is 6.61 Å². The normalized spacial score (nSPS) is 15.5. The molecular weight excluding hydrogens is 469 g/mol. The SMILES string of the molecule is CCCCCCOc1ccc(C2=CCC(CCc3ccc(-c4ccc(C)cc4)c(F)c3F)CC2)cc1F. The molecule has 0 saturated heterocycles. The van der Waals surface area contributed by atoms with E-state index in [9.17, 15) is 13.2 Å². The minimum atomic E-state index is -0.775. The molecule has 1 unspecified atom stereocenters. The third kappa shape index (κ3) is 7.06. The number of hydrogen-bond donors (Lipinski definition) is 0. The Kier molecular flexibility index (Phi) is 9.49. The first-order chi connectivity index (χ1) is 18.0. The summed E-state index contributed by atoms with van der Waals surface area (Å²) in [7, 11) is 0. The lowest BCUT2D eigenvalue weighted by atomic mass is 9.83. The van der Waals surface area contributed by atoms with Crippen LogP contribution in [0, 0.1) is 30.3 Å². The Labute approximate surface area is 219 Å². The van der Waals surface area contributed by atoms with Gasteiger partial charge in [0.25, 0.3) is 0 Å². The highest BCUT2D eigenvalue weighted by Crippen LogP contribution is 2.35. The molecule has 0 aromatic heterocycles. The Morgan fingerprint density at radius 1 is 0.865 bits per heavy atom. The molecule has 1 atom stereocenters. The molecule has 0 aliphatic heterocycles. The molecule has 0 spiro atoms. The smallest absolute Gasteiger partial charge is 0.166 e. The molecule has 1 nitrogen and oxygen atoms in total. The largest absolute Gasteiger partial charge is 0.491 e. The summed E-state index contributed by atoms with van der Waals surface area (Å²) in [5.74, 6) is -1.12. The topological polar surface area (TPSA) is 9.23 Å². The van der Waals surface area contributed by atoms with Gasteiger partial charge in [-0.1, -0.05) is 80.3 Å². The highest BCUT2D eigenvalue weighted by molar-refractivity contribution is 5.67. The van der Waals surface area contributed by atoms with E-state index in [1.807, 2.05) is 37.3 Å². The first-order valence-electron chi connectivity index (χ1n) is 13.6. The number of benzene rings is 3. The van der Waals surface area contributed by atoms with E-state index in [1.165, 1.54) is 6.42 Å². The van der Waals surface area contributed by atoms with E-state index in [-0.39, 0.29) is 5.82 Å². The van der Waals surface area contributed by atoms with Crippen LogP contribution in [0.5, 0.6) is 5.75 Å². The van der Waals surface area contributed by atoms with Gasteiger partial charge in [0.2, 0.25) is 0 Å². The van der Waals surface area contributed by atoms with Crippen molar-refractivity contribution in [1.82, 2.24) is 0 Å². The number of halogens is 3. The van der Waals surface area contributed by atoms with E-state index in [0.29, 0.717) is 41.4 Å². The molecule has 4 rings (SSSR count). The fourth-order valence-corrected chi connectivity index (χ4v) is 5.04. The van der Waals surface area contributed by atoms with Gasteiger partial charge in [-0.3, -0.25) is 0 Å². The predicted octanol–water partition coefficient (Wildman–Crippen LogP) is 9.85. The average molecular weight is 507 g/mol. The standard InChI is InChI=1S/C33H37F3O/c1-3-4-5-6-21-37-31-20-18-28(22-30(31)34)25-14-9-24(10-15-25)11-16-27-17-19-29(33(36)32(27)35)26-12-7-23(2)8-13-26/h7-8,12-14,17-20,22,24H,3-6,9-11,15-16,21H2,1-2H3. The lowest BCUT2D eigenvalue weighted by molar-refractivity contribution is 0.290. The van der Waals surface area contributed by atoms with Crippen molar-refractivity contribution in [2.75, 3.05) is 6.61 Å². The lowest BCUT2D eigenvalue weighted by Gasteiger charge is -2.22. The fourth-order valence-electron chi connectivity index (χ4n) is 5.04. The van der Waals surface area contributed by atoms with Crippen LogP contribution in [0.3, 0.4) is 0 Å². The second-order valence-corrected chi connectivity index (χ2v) is 10.2. The molecule has 1 aliphatic rings. The van der Waals surface area contributed by atoms with E-state index in [4.69, 9.17) is 4.74 Å². The van der Waals surface area contributed by atoms with Crippen LogP contribution in [0.15, 0.2) is 60.7 Å². The summed E-state index contributed by atoms with van der Waals surface area (Å²) >= 11 is 0. The zero-order valence-electron chi connectivity index (χ0n) is 22.0. The van der Waals surface area contributed by atoms with E-state index in [1.54, 1.807) is 24.3 Å². The monoisotopic (exact) mass is 506 g/mol. The third-order valence-corrected chi connectivity index (χ3v) is 7.42. The van der Waals surface area contributed by atoms with Crippen molar-refractivity contribution in [2.45, 2.75) is 71.6 Å². The first-order valence-corrected chi connectivity index (χ1v) is 13.6. The van der Waals surface area contributed by atoms with Crippen molar-refractivity contribution in [3.8, 4) is 16.9 Å². The Bertz CT molecular complexity index is 1210. The van der Waals surface area contributed by atoms with Crippen molar-refractivity contribution < 1.29 is 17.9 Å². The van der Waals surface area contributed by atoms with Crippen molar-refractivity contribution >= 4 is 5.57 Å². The number of allylic oxidation sites excluding steroid dienone is 2. The quantitative estimate of drug-likeness (QED) is 0.235. The maximum atomic E-state index is 14.8. The Morgan fingerprint density at radius 2 is 1.65 bits per heavy atom. The van der Waals surface area contributed by atoms with Gasteiger partial charge in [0.1, 0.15) is 0 Å². The molecule has 0 heterocycles. The van der Waals surface area contributed by atoms with Gasteiger partial charge in [-0.2, -0.15) is 0 Å². The molecule has 3 aromatic rings. The minimum Gasteiger partial charge on any atom is -0.491 e. The number of ether oxygens (including phenoxy) is 1. The summed E-state index contributed by atoms with van der Waals surface area (Å²) in [5, 5.41) is 0. The molecule has 4 heteroatoms. The van der Waals surface area contributed by atoms with E-state index in [0.717, 1.165) is 61.6 Å². The van der Waals surface area contributed by atoms with Gasteiger partial charge in [0, 0.05) is 5.56 Å². The summed E-state index contributed by atoms with van der Waals surface area (Å²) in [4.78, 5) is 0. The van der Waals surface area contributed by atoms with Crippen LogP contribution < -0.4 is 4.74 Å². The van der Waals surface area contributed by atoms with Crippen LogP contribution in [0.2, 0.25) is 0 Å². The maximum absolute atomic E-state index is 14.8. The van der Waals surface area contributed by atoms with Gasteiger partial charge in [-0.15, -0.1) is 0 Å². The molecule has 37 heavy (non-hydrogen) atoms. The molecule has 3 aromatic carbocycles. The summed E-state index contributed by atoms with van der Waals surface area (Å²) in [6.45, 7) is 4.67. The van der Waals surface area contributed by atoms with Crippen LogP contribution in [-0.2, 0) is 6.42 Å². The molecule has 0 bridgehead atoms. The number of hydrogen-bond acceptors (Lipinski definition) is 1. The predicted molar refractivity (Wildman–Crippen MR) is 146 cm³/mol. The van der Waals surface area contributed by atoms with Crippen LogP contribution in [0.4, 0.5) is 13.2 Å². The van der Waals surface area contributed by atoms with Crippen LogP contribution in [0.25, 0.3) is 16.7 Å². The van der Waals surface area contributed by atoms with Gasteiger partial charge < -0.3 is 4.74 Å². The molecule has 0 saturated carbocycles. The number of rotatable bonds is 11. The Hall–Kier alpha value is -3.01. The summed E-state index contributed by atoms with van der Waals surface area (Å²) < 4.78 is 49.8. The maximum Gasteiger partial charge on any atom is 0.166 e. The molecule has 1 aliphatic carbocycles. The zero-order valence-corrected chi connectivity index (χ0v) is 22.0. The van der Waals surface area contributed by atoms with Gasteiger partial charge >= 0.3 is 0 Å². The van der Waals surface area contributed by atoms with Crippen LogP contribution >= 0.6 is 0 Å². The second kappa shape index (κ2) is 13.0. The Balaban J connectivity index is 1.31. The minimum absolute atomic E-state index is 0.298. The van der Waals surface area contributed by atoms with Crippen molar-refractivity contribution in [3.05, 3.63) is 94.8 Å². The van der Waals surface area contributed by atoms with Gasteiger partial charge in [0.15, 0.2) is 23.2 Å². The summed E-state index contributed by atoms with van der Waals surface area (Å²) in [5.41, 5.74) is 4.53. The van der Waals surface area contributed by atoms with Crippen molar-refractivity contribution in [3.63, 3.8) is 0 Å². The lowest BCUT2D eigenvalue weighted by Crippen LogP contribution is -2.08. The van der Waals surface area contributed by atoms with Crippen LogP contribution in [-0.4, -0.2) is 6.61 Å². The summed E-state index contributed by atoms with van der Waals surface area (Å²) in [6, 6.07) is 16.1. The average Bonchev–Trinajstić information content (AvgIpc) is 2.91. The number of aryl methyl sites for hydroxylation is 2. The third-order valence-electron chi connectivity index (χ3n) is 7.42. The van der Waals surface area contributed by atoms with E-state index < -0.39 is 11.6 Å². The molecular formula is C33H37F3O. The fraction of sp³-hybridized carbons (Fsp3) is 0.394.